The molecule has 1 heterocycles. The Hall–Kier alpha value is -1.82. The van der Waals surface area contributed by atoms with Gasteiger partial charge in [-0.3, -0.25) is 9.36 Å². The van der Waals surface area contributed by atoms with Crippen molar-refractivity contribution < 1.29 is 9.47 Å². The number of methoxy groups -OCH3 is 1. The molecular weight excluding hydrogens is 324 g/mol. The SMILES string of the molecule is COc1ccc(OCCn2cnc(C)c(Br)c2=O)cc1. The van der Waals surface area contributed by atoms with E-state index in [0.29, 0.717) is 23.3 Å². The van der Waals surface area contributed by atoms with E-state index in [0.717, 1.165) is 11.5 Å². The Balaban J connectivity index is 1.96. The van der Waals surface area contributed by atoms with Crippen molar-refractivity contribution in [2.45, 2.75) is 13.5 Å². The van der Waals surface area contributed by atoms with Crippen molar-refractivity contribution in [2.24, 2.45) is 0 Å². The number of ether oxygens (including phenoxy) is 2. The second-order valence-electron chi connectivity index (χ2n) is 4.17. The van der Waals surface area contributed by atoms with Crippen molar-refractivity contribution in [2.75, 3.05) is 13.7 Å². The van der Waals surface area contributed by atoms with Crippen molar-refractivity contribution in [1.29, 1.82) is 0 Å². The summed E-state index contributed by atoms with van der Waals surface area (Å²) in [6, 6.07) is 7.30. The molecule has 0 saturated heterocycles. The van der Waals surface area contributed by atoms with Crippen LogP contribution in [0.15, 0.2) is 39.9 Å². The van der Waals surface area contributed by atoms with Crippen LogP contribution in [0.2, 0.25) is 0 Å². The van der Waals surface area contributed by atoms with Crippen LogP contribution >= 0.6 is 15.9 Å². The average Bonchev–Trinajstić information content (AvgIpc) is 2.48. The lowest BCUT2D eigenvalue weighted by Gasteiger charge is -2.09. The van der Waals surface area contributed by atoms with Gasteiger partial charge in [0.2, 0.25) is 0 Å². The predicted molar refractivity (Wildman–Crippen MR) is 79.4 cm³/mol. The Morgan fingerprint density at radius 3 is 2.55 bits per heavy atom. The minimum atomic E-state index is -0.101. The largest absolute Gasteiger partial charge is 0.497 e. The lowest BCUT2D eigenvalue weighted by atomic mass is 10.3. The van der Waals surface area contributed by atoms with Crippen LogP contribution in [0.25, 0.3) is 0 Å². The van der Waals surface area contributed by atoms with Gasteiger partial charge in [-0.1, -0.05) is 0 Å². The molecule has 1 aromatic carbocycles. The Labute approximate surface area is 125 Å². The van der Waals surface area contributed by atoms with Crippen LogP contribution < -0.4 is 15.0 Å². The number of hydrogen-bond acceptors (Lipinski definition) is 4. The van der Waals surface area contributed by atoms with E-state index in [1.807, 2.05) is 24.3 Å². The van der Waals surface area contributed by atoms with Gasteiger partial charge in [-0.15, -0.1) is 0 Å². The third kappa shape index (κ3) is 3.39. The molecule has 0 saturated carbocycles. The van der Waals surface area contributed by atoms with Crippen molar-refractivity contribution in [3.8, 4) is 11.5 Å². The van der Waals surface area contributed by atoms with Gasteiger partial charge in [0.25, 0.3) is 5.56 Å². The molecule has 0 unspecified atom stereocenters. The molecule has 5 nitrogen and oxygen atoms in total. The normalized spacial score (nSPS) is 10.3. The van der Waals surface area contributed by atoms with Gasteiger partial charge in [-0.2, -0.15) is 0 Å². The zero-order valence-corrected chi connectivity index (χ0v) is 12.9. The molecule has 106 valence electrons. The summed E-state index contributed by atoms with van der Waals surface area (Å²) in [6.07, 6.45) is 1.53. The van der Waals surface area contributed by atoms with Crippen molar-refractivity contribution in [3.05, 3.63) is 51.1 Å². The number of nitrogens with zero attached hydrogens (tertiary/aromatic N) is 2. The Bertz CT molecular complexity index is 638. The molecule has 20 heavy (non-hydrogen) atoms. The third-order valence-corrected chi connectivity index (χ3v) is 3.73. The fourth-order valence-corrected chi connectivity index (χ4v) is 1.97. The Morgan fingerprint density at radius 2 is 1.90 bits per heavy atom. The van der Waals surface area contributed by atoms with Crippen LogP contribution in [0.4, 0.5) is 0 Å². The van der Waals surface area contributed by atoms with Crippen LogP contribution in [0.3, 0.4) is 0 Å². The fraction of sp³-hybridized carbons (Fsp3) is 0.286. The summed E-state index contributed by atoms with van der Waals surface area (Å²) in [5.41, 5.74) is 0.582. The molecule has 0 amide bonds. The van der Waals surface area contributed by atoms with Crippen LogP contribution in [0, 0.1) is 6.92 Å². The first-order chi connectivity index (χ1) is 9.61. The van der Waals surface area contributed by atoms with E-state index < -0.39 is 0 Å². The van der Waals surface area contributed by atoms with Crippen molar-refractivity contribution in [1.82, 2.24) is 9.55 Å². The molecule has 0 bridgehead atoms. The highest BCUT2D eigenvalue weighted by molar-refractivity contribution is 9.10. The fourth-order valence-electron chi connectivity index (χ4n) is 1.64. The molecule has 0 aliphatic carbocycles. The van der Waals surface area contributed by atoms with Gasteiger partial charge in [0.15, 0.2) is 0 Å². The monoisotopic (exact) mass is 338 g/mol. The number of aryl methyl sites for hydroxylation is 1. The van der Waals surface area contributed by atoms with Gasteiger partial charge in [-0.05, 0) is 47.1 Å². The number of aromatic nitrogens is 2. The summed E-state index contributed by atoms with van der Waals surface area (Å²) in [5, 5.41) is 0. The first-order valence-corrected chi connectivity index (χ1v) is 6.89. The van der Waals surface area contributed by atoms with Gasteiger partial charge >= 0.3 is 0 Å². The number of halogens is 1. The maximum atomic E-state index is 11.9. The van der Waals surface area contributed by atoms with Gasteiger partial charge in [0.1, 0.15) is 22.6 Å². The van der Waals surface area contributed by atoms with Crippen molar-refractivity contribution >= 4 is 15.9 Å². The molecule has 6 heteroatoms. The predicted octanol–water partition coefficient (Wildman–Crippen LogP) is 2.40. The molecule has 2 aromatic rings. The highest BCUT2D eigenvalue weighted by atomic mass is 79.9. The maximum Gasteiger partial charge on any atom is 0.267 e. The zero-order valence-electron chi connectivity index (χ0n) is 11.3. The highest BCUT2D eigenvalue weighted by Crippen LogP contribution is 2.16. The second-order valence-corrected chi connectivity index (χ2v) is 4.96. The lowest BCUT2D eigenvalue weighted by molar-refractivity contribution is 0.294. The van der Waals surface area contributed by atoms with E-state index in [-0.39, 0.29) is 5.56 Å². The summed E-state index contributed by atoms with van der Waals surface area (Å²) >= 11 is 3.23. The molecule has 0 atom stereocenters. The molecule has 0 N–H and O–H groups in total. The molecule has 2 rings (SSSR count). The standard InChI is InChI=1S/C14H15BrN2O3/c1-10-13(15)14(18)17(9-16-10)7-8-20-12-5-3-11(19-2)4-6-12/h3-6,9H,7-8H2,1-2H3. The maximum absolute atomic E-state index is 11.9. The van der Waals surface area contributed by atoms with Gasteiger partial charge in [0, 0.05) is 0 Å². The lowest BCUT2D eigenvalue weighted by Crippen LogP contribution is -2.24. The van der Waals surface area contributed by atoms with Gasteiger partial charge in [0.05, 0.1) is 25.7 Å². The summed E-state index contributed by atoms with van der Waals surface area (Å²) in [4.78, 5) is 16.1. The molecule has 0 fully saturated rings. The first kappa shape index (κ1) is 14.6. The van der Waals surface area contributed by atoms with E-state index in [1.54, 1.807) is 14.0 Å². The summed E-state index contributed by atoms with van der Waals surface area (Å²) in [7, 11) is 1.62. The van der Waals surface area contributed by atoms with E-state index >= 15 is 0 Å². The third-order valence-electron chi connectivity index (χ3n) is 2.82. The smallest absolute Gasteiger partial charge is 0.267 e. The summed E-state index contributed by atoms with van der Waals surface area (Å²) in [5.74, 6) is 1.51. The van der Waals surface area contributed by atoms with E-state index in [9.17, 15) is 4.79 Å². The highest BCUT2D eigenvalue weighted by Gasteiger charge is 2.05. The minimum Gasteiger partial charge on any atom is -0.497 e. The van der Waals surface area contributed by atoms with Crippen LogP contribution in [-0.2, 0) is 6.54 Å². The summed E-state index contributed by atoms with van der Waals surface area (Å²) < 4.78 is 12.6. The first-order valence-electron chi connectivity index (χ1n) is 6.10. The molecule has 0 aliphatic rings. The molecule has 1 aromatic heterocycles. The molecule has 0 radical (unpaired) electrons. The number of hydrogen-bond donors (Lipinski definition) is 0. The zero-order chi connectivity index (χ0) is 14.5. The van der Waals surface area contributed by atoms with Gasteiger partial charge in [-0.25, -0.2) is 4.98 Å². The molecule has 0 aliphatic heterocycles. The average molecular weight is 339 g/mol. The number of rotatable bonds is 5. The number of benzene rings is 1. The Kier molecular flexibility index (Phi) is 4.79. The van der Waals surface area contributed by atoms with Gasteiger partial charge < -0.3 is 9.47 Å². The second kappa shape index (κ2) is 6.56. The van der Waals surface area contributed by atoms with Crippen LogP contribution in [0.1, 0.15) is 5.69 Å². The molecule has 0 spiro atoms. The van der Waals surface area contributed by atoms with Crippen LogP contribution in [-0.4, -0.2) is 23.3 Å². The van der Waals surface area contributed by atoms with Crippen LogP contribution in [0.5, 0.6) is 11.5 Å². The quantitative estimate of drug-likeness (QED) is 0.839. The Morgan fingerprint density at radius 1 is 1.25 bits per heavy atom. The van der Waals surface area contributed by atoms with E-state index in [4.69, 9.17) is 9.47 Å². The molecular formula is C14H15BrN2O3. The van der Waals surface area contributed by atoms with E-state index in [1.165, 1.54) is 10.9 Å². The minimum absolute atomic E-state index is 0.101. The summed E-state index contributed by atoms with van der Waals surface area (Å²) in [6.45, 7) is 2.61. The van der Waals surface area contributed by atoms with Crippen molar-refractivity contribution in [3.63, 3.8) is 0 Å². The topological polar surface area (TPSA) is 53.4 Å². The van der Waals surface area contributed by atoms with E-state index in [2.05, 4.69) is 20.9 Å².